The van der Waals surface area contributed by atoms with E-state index in [2.05, 4.69) is 59.2 Å². The molecule has 212 valence electrons. The average Bonchev–Trinajstić information content (AvgIpc) is 3.36. The number of ether oxygens (including phenoxy) is 1. The maximum Gasteiger partial charge on any atom is 0.162 e. The number of hydrogen-bond donors (Lipinski definition) is 0. The summed E-state index contributed by atoms with van der Waals surface area (Å²) in [7, 11) is 0. The molecule has 4 aliphatic carbocycles. The Kier molecular flexibility index (Phi) is 8.00. The second kappa shape index (κ2) is 11.6. The monoisotopic (exact) mass is 540 g/mol. The van der Waals surface area contributed by atoms with E-state index in [9.17, 15) is 9.70 Å². The summed E-state index contributed by atoms with van der Waals surface area (Å²) in [5.41, 5.74) is 7.19. The lowest BCUT2D eigenvalue weighted by molar-refractivity contribution is -0.131. The van der Waals surface area contributed by atoms with Crippen molar-refractivity contribution in [2.75, 3.05) is 31.2 Å². The van der Waals surface area contributed by atoms with Crippen molar-refractivity contribution in [1.29, 1.82) is 0 Å². The molecular formula is C35H44N2O3. The van der Waals surface area contributed by atoms with Gasteiger partial charge in [0.2, 0.25) is 0 Å². The van der Waals surface area contributed by atoms with E-state index >= 15 is 0 Å². The summed E-state index contributed by atoms with van der Waals surface area (Å²) < 4.78 is 5.67. The van der Waals surface area contributed by atoms with E-state index in [1.54, 1.807) is 12.5 Å². The van der Waals surface area contributed by atoms with Crippen molar-refractivity contribution in [2.45, 2.75) is 90.0 Å². The first-order valence-electron chi connectivity index (χ1n) is 15.6. The fraction of sp³-hybridized carbons (Fsp3) is 0.629. The van der Waals surface area contributed by atoms with Crippen molar-refractivity contribution >= 4 is 11.5 Å². The number of allylic oxidation sites excluding steroid dienone is 3. The molecular weight excluding hydrogens is 496 g/mol. The number of benzene rings is 1. The minimum absolute atomic E-state index is 0.0371. The summed E-state index contributed by atoms with van der Waals surface area (Å²) in [4.78, 5) is 27.5. The summed E-state index contributed by atoms with van der Waals surface area (Å²) in [5, 5.41) is 3.39. The van der Waals surface area contributed by atoms with E-state index in [4.69, 9.17) is 4.74 Å². The summed E-state index contributed by atoms with van der Waals surface area (Å²) >= 11 is 0. The lowest BCUT2D eigenvalue weighted by atomic mass is 9.51. The van der Waals surface area contributed by atoms with Crippen LogP contribution in [0.15, 0.2) is 52.2 Å². The van der Waals surface area contributed by atoms with Gasteiger partial charge in [0.05, 0.1) is 0 Å². The van der Waals surface area contributed by atoms with Crippen molar-refractivity contribution < 1.29 is 9.53 Å². The molecule has 1 unspecified atom stereocenters. The van der Waals surface area contributed by atoms with Crippen LogP contribution in [0.3, 0.4) is 0 Å². The van der Waals surface area contributed by atoms with Crippen molar-refractivity contribution in [3.63, 3.8) is 0 Å². The van der Waals surface area contributed by atoms with Crippen LogP contribution in [-0.2, 0) is 9.53 Å². The first-order chi connectivity index (χ1) is 19.5. The Morgan fingerprint density at radius 2 is 1.88 bits per heavy atom. The molecule has 5 aliphatic rings. The molecule has 0 N–H and O–H groups in total. The predicted octanol–water partition coefficient (Wildman–Crippen LogP) is 7.37. The van der Waals surface area contributed by atoms with Crippen LogP contribution in [0.4, 0.5) is 5.69 Å². The van der Waals surface area contributed by atoms with E-state index in [0.717, 1.165) is 58.0 Å². The molecule has 2 saturated carbocycles. The van der Waals surface area contributed by atoms with E-state index in [0.29, 0.717) is 24.4 Å². The van der Waals surface area contributed by atoms with Crippen molar-refractivity contribution in [1.82, 2.24) is 0 Å². The Morgan fingerprint density at radius 1 is 1.07 bits per heavy atom. The lowest BCUT2D eigenvalue weighted by Crippen LogP contribution is -2.45. The maximum atomic E-state index is 13.5. The van der Waals surface area contributed by atoms with Gasteiger partial charge in [0.15, 0.2) is 5.78 Å². The second-order valence-corrected chi connectivity index (χ2v) is 13.0. The number of fused-ring (bicyclic) bond motifs is 4. The number of ketones is 1. The van der Waals surface area contributed by atoms with Gasteiger partial charge in [-0.25, -0.2) is 0 Å². The molecule has 0 amide bonds. The van der Waals surface area contributed by atoms with Gasteiger partial charge in [0, 0.05) is 30.6 Å². The van der Waals surface area contributed by atoms with Crippen molar-refractivity contribution in [2.24, 2.45) is 28.3 Å². The summed E-state index contributed by atoms with van der Waals surface area (Å²) in [6.07, 6.45) is 13.0. The molecule has 0 aromatic heterocycles. The number of Topliss-reactive ketones (excluding diaryl/α,β-unsaturated/α-hetero) is 1. The lowest BCUT2D eigenvalue weighted by Gasteiger charge is -2.52. The number of hydrogen-bond acceptors (Lipinski definition) is 5. The Balaban J connectivity index is 1.35. The Labute approximate surface area is 239 Å². The molecule has 5 nitrogen and oxygen atoms in total. The minimum atomic E-state index is -0.182. The third kappa shape index (κ3) is 4.98. The summed E-state index contributed by atoms with van der Waals surface area (Å²) in [6.45, 7) is 7.00. The summed E-state index contributed by atoms with van der Waals surface area (Å²) in [5.74, 6) is 7.40. The fourth-order valence-corrected chi connectivity index (χ4v) is 9.13. The van der Waals surface area contributed by atoms with Gasteiger partial charge in [-0.2, -0.15) is 4.91 Å². The molecule has 6 atom stereocenters. The third-order valence-electron chi connectivity index (χ3n) is 11.0. The molecule has 0 bridgehead atoms. The van der Waals surface area contributed by atoms with Crippen LogP contribution < -0.4 is 4.90 Å². The Hall–Kier alpha value is -2.71. The predicted molar refractivity (Wildman–Crippen MR) is 160 cm³/mol. The van der Waals surface area contributed by atoms with Gasteiger partial charge in [-0.3, -0.25) is 4.79 Å². The van der Waals surface area contributed by atoms with Crippen LogP contribution in [0.1, 0.15) is 89.5 Å². The van der Waals surface area contributed by atoms with E-state index in [1.807, 2.05) is 0 Å². The fourth-order valence-electron chi connectivity index (χ4n) is 9.13. The zero-order chi connectivity index (χ0) is 27.7. The molecule has 1 aliphatic heterocycles. The summed E-state index contributed by atoms with van der Waals surface area (Å²) in [6, 6.07) is 9.23. The van der Waals surface area contributed by atoms with Crippen LogP contribution in [-0.4, -0.2) is 38.1 Å². The number of anilines is 1. The first kappa shape index (κ1) is 27.5. The van der Waals surface area contributed by atoms with E-state index in [-0.39, 0.29) is 29.8 Å². The highest BCUT2D eigenvalue weighted by Crippen LogP contribution is 2.65. The molecule has 6 rings (SSSR count). The van der Waals surface area contributed by atoms with Gasteiger partial charge >= 0.3 is 0 Å². The second-order valence-electron chi connectivity index (χ2n) is 13.0. The molecule has 3 fully saturated rings. The number of piperidine rings is 1. The molecule has 0 radical (unpaired) electrons. The van der Waals surface area contributed by atoms with Gasteiger partial charge < -0.3 is 9.64 Å². The smallest absolute Gasteiger partial charge is 0.162 e. The molecule has 1 heterocycles. The quantitative estimate of drug-likeness (QED) is 0.206. The molecule has 40 heavy (non-hydrogen) atoms. The molecule has 1 aromatic carbocycles. The highest BCUT2D eigenvalue weighted by Gasteiger charge is 2.58. The van der Waals surface area contributed by atoms with Crippen molar-refractivity contribution in [3.8, 4) is 11.8 Å². The largest absolute Gasteiger partial charge is 0.372 e. The van der Waals surface area contributed by atoms with Gasteiger partial charge in [-0.05, 0) is 117 Å². The standard InChI is InChI=1S/C35H44N2O3/c1-3-4-20-40-23-33(38)32-17-16-31-29-14-10-25-21-26(36-39)11-15-28(25)34(29)30(22-35(31,32)2)24-8-12-27(13-9-24)37-18-6-5-7-19-37/h8-9,12-13,21,26,29-32H,5-7,10-11,14-20,22-23H2,1-2H3/t26?,29-,30+,31-,32+,35-/m0/s1. The number of carbonyl (C=O) groups excluding carboxylic acids is 1. The third-order valence-corrected chi connectivity index (χ3v) is 11.0. The maximum absolute atomic E-state index is 13.5. The number of nitrogens with zero attached hydrogens (tertiary/aromatic N) is 2. The number of rotatable bonds is 7. The van der Waals surface area contributed by atoms with Crippen LogP contribution in [0, 0.1) is 39.9 Å². The Morgan fingerprint density at radius 3 is 2.62 bits per heavy atom. The molecule has 0 spiro atoms. The topological polar surface area (TPSA) is 59.0 Å². The van der Waals surface area contributed by atoms with Gasteiger partial charge in [-0.15, -0.1) is 5.92 Å². The molecule has 1 aromatic rings. The SMILES string of the molecule is CC#CCOCC(=O)[C@H]1CC[C@H]2[C@@H]3CCC4=CC(N=O)CCC4=C3[C@@H](c3ccc(N4CCCCC4)cc3)C[C@]12C. The number of carbonyl (C=O) groups is 1. The zero-order valence-corrected chi connectivity index (χ0v) is 24.3. The van der Waals surface area contributed by atoms with Gasteiger partial charge in [0.1, 0.15) is 19.3 Å². The minimum Gasteiger partial charge on any atom is -0.372 e. The first-order valence-corrected chi connectivity index (χ1v) is 15.6. The average molecular weight is 541 g/mol. The highest BCUT2D eigenvalue weighted by atomic mass is 16.5. The van der Waals surface area contributed by atoms with Gasteiger partial charge in [-0.1, -0.05) is 41.8 Å². The highest BCUT2D eigenvalue weighted by molar-refractivity contribution is 5.83. The van der Waals surface area contributed by atoms with E-state index in [1.165, 1.54) is 41.7 Å². The van der Waals surface area contributed by atoms with Crippen LogP contribution in [0.2, 0.25) is 0 Å². The van der Waals surface area contributed by atoms with Crippen LogP contribution in [0.25, 0.3) is 0 Å². The normalized spacial score (nSPS) is 33.2. The number of nitroso groups, excluding NO2 is 1. The molecule has 5 heteroatoms. The zero-order valence-electron chi connectivity index (χ0n) is 24.3. The Bertz CT molecular complexity index is 1250. The van der Waals surface area contributed by atoms with E-state index < -0.39 is 0 Å². The van der Waals surface area contributed by atoms with Gasteiger partial charge in [0.25, 0.3) is 0 Å². The van der Waals surface area contributed by atoms with Crippen LogP contribution >= 0.6 is 0 Å². The molecule has 1 saturated heterocycles. The van der Waals surface area contributed by atoms with Crippen LogP contribution in [0.5, 0.6) is 0 Å². The van der Waals surface area contributed by atoms with Crippen molar-refractivity contribution in [3.05, 3.63) is 57.5 Å².